The number of hydrogen-bond donors (Lipinski definition) is 0. The van der Waals surface area contributed by atoms with Gasteiger partial charge in [-0.05, 0) is 58.0 Å². The van der Waals surface area contributed by atoms with Gasteiger partial charge in [0.25, 0.3) is 5.91 Å². The van der Waals surface area contributed by atoms with Gasteiger partial charge < -0.3 is 14.3 Å². The van der Waals surface area contributed by atoms with Gasteiger partial charge in [-0.2, -0.15) is 0 Å². The Morgan fingerprint density at radius 1 is 1.27 bits per heavy atom. The van der Waals surface area contributed by atoms with Crippen molar-refractivity contribution in [1.29, 1.82) is 0 Å². The third kappa shape index (κ3) is 2.72. The summed E-state index contributed by atoms with van der Waals surface area (Å²) in [5, 5.41) is 3.94. The number of fused-ring (bicyclic) bond motifs is 1. The summed E-state index contributed by atoms with van der Waals surface area (Å²) in [6.45, 7) is 5.24. The number of benzene rings is 1. The molecule has 2 aliphatic rings. The number of aryl methyl sites for hydroxylation is 2. The van der Waals surface area contributed by atoms with Gasteiger partial charge in [-0.3, -0.25) is 4.79 Å². The van der Waals surface area contributed by atoms with Gasteiger partial charge in [0.05, 0.1) is 5.69 Å². The summed E-state index contributed by atoms with van der Waals surface area (Å²) >= 11 is 0. The quantitative estimate of drug-likeness (QED) is 0.829. The van der Waals surface area contributed by atoms with E-state index in [4.69, 9.17) is 4.52 Å². The second kappa shape index (κ2) is 6.50. The third-order valence-corrected chi connectivity index (χ3v) is 5.93. The van der Waals surface area contributed by atoms with E-state index < -0.39 is 0 Å². The predicted octanol–water partition coefficient (Wildman–Crippen LogP) is 3.13. The van der Waals surface area contributed by atoms with E-state index in [2.05, 4.69) is 17.1 Å². The van der Waals surface area contributed by atoms with Gasteiger partial charge >= 0.3 is 0 Å². The average molecular weight is 357 g/mol. The highest BCUT2D eigenvalue weighted by Gasteiger charge is 2.48. The summed E-state index contributed by atoms with van der Waals surface area (Å²) in [5.74, 6) is 0.508. The van der Waals surface area contributed by atoms with E-state index in [1.54, 1.807) is 6.92 Å². The Balaban J connectivity index is 1.70. The fourth-order valence-electron chi connectivity index (χ4n) is 4.71. The van der Waals surface area contributed by atoms with Crippen molar-refractivity contribution >= 4 is 5.91 Å². The van der Waals surface area contributed by atoms with Crippen LogP contribution in [0.5, 0.6) is 0 Å². The molecule has 2 saturated heterocycles. The van der Waals surface area contributed by atoms with Crippen LogP contribution in [0.1, 0.15) is 46.1 Å². The maximum atomic E-state index is 13.4. The van der Waals surface area contributed by atoms with Crippen LogP contribution >= 0.6 is 0 Å². The number of likely N-dealkylation sites (N-methyl/N-ethyl adjacent to an activating group) is 1. The van der Waals surface area contributed by atoms with E-state index in [1.165, 1.54) is 12.1 Å². The largest absolute Gasteiger partial charge is 0.361 e. The van der Waals surface area contributed by atoms with E-state index in [-0.39, 0.29) is 29.7 Å². The molecule has 2 aliphatic heterocycles. The normalized spacial score (nSPS) is 26.2. The van der Waals surface area contributed by atoms with E-state index in [1.807, 2.05) is 24.0 Å². The Kier molecular flexibility index (Phi) is 4.31. The first-order valence-electron chi connectivity index (χ1n) is 9.17. The molecule has 5 nitrogen and oxygen atoms in total. The molecule has 1 amide bonds. The van der Waals surface area contributed by atoms with Crippen LogP contribution in [0.2, 0.25) is 0 Å². The number of likely N-dealkylation sites (tertiary alicyclic amines) is 2. The lowest BCUT2D eigenvalue weighted by Crippen LogP contribution is -2.50. The fourth-order valence-corrected chi connectivity index (χ4v) is 4.71. The highest BCUT2D eigenvalue weighted by molar-refractivity contribution is 5.96. The Morgan fingerprint density at radius 3 is 2.65 bits per heavy atom. The first-order valence-corrected chi connectivity index (χ1v) is 9.17. The van der Waals surface area contributed by atoms with Crippen molar-refractivity contribution in [1.82, 2.24) is 15.0 Å². The number of carbonyl (C=O) groups excluding carboxylic acids is 1. The van der Waals surface area contributed by atoms with E-state index in [0.717, 1.165) is 24.9 Å². The summed E-state index contributed by atoms with van der Waals surface area (Å²) < 4.78 is 18.6. The molecular weight excluding hydrogens is 333 g/mol. The molecule has 1 aromatic carbocycles. The molecule has 0 spiro atoms. The van der Waals surface area contributed by atoms with Crippen molar-refractivity contribution in [2.24, 2.45) is 0 Å². The molecule has 138 valence electrons. The molecule has 26 heavy (non-hydrogen) atoms. The number of rotatable bonds is 2. The van der Waals surface area contributed by atoms with E-state index in [0.29, 0.717) is 23.6 Å². The Morgan fingerprint density at radius 2 is 2.00 bits per heavy atom. The molecule has 0 unspecified atom stereocenters. The summed E-state index contributed by atoms with van der Waals surface area (Å²) in [4.78, 5) is 17.6. The molecule has 0 saturated carbocycles. The molecule has 3 heterocycles. The molecule has 6 heteroatoms. The van der Waals surface area contributed by atoms with Crippen LogP contribution < -0.4 is 0 Å². The van der Waals surface area contributed by atoms with Gasteiger partial charge in [0.1, 0.15) is 17.1 Å². The minimum Gasteiger partial charge on any atom is -0.361 e. The van der Waals surface area contributed by atoms with E-state index >= 15 is 0 Å². The first-order chi connectivity index (χ1) is 12.5. The molecule has 2 fully saturated rings. The Bertz CT molecular complexity index is 797. The molecule has 0 bridgehead atoms. The zero-order valence-corrected chi connectivity index (χ0v) is 15.4. The van der Waals surface area contributed by atoms with Gasteiger partial charge in [0.2, 0.25) is 0 Å². The standard InChI is InChI=1S/C20H24FN3O2/c1-12-18(13(2)26-22-12)20(25)24-11-16(14-6-8-15(21)9-7-14)19-17(24)5-4-10-23(19)3/h6-9,16-17,19H,4-5,10-11H2,1-3H3/t16-,17-,19-/m1/s1. The van der Waals surface area contributed by atoms with Gasteiger partial charge in [-0.15, -0.1) is 0 Å². The average Bonchev–Trinajstić information content (AvgIpc) is 3.17. The van der Waals surface area contributed by atoms with Crippen LogP contribution in [0.3, 0.4) is 0 Å². The maximum Gasteiger partial charge on any atom is 0.259 e. The molecule has 4 rings (SSSR count). The van der Waals surface area contributed by atoms with E-state index in [9.17, 15) is 9.18 Å². The number of aromatic nitrogens is 1. The number of halogens is 1. The smallest absolute Gasteiger partial charge is 0.259 e. The lowest BCUT2D eigenvalue weighted by atomic mass is 9.86. The summed E-state index contributed by atoms with van der Waals surface area (Å²) in [5.41, 5.74) is 2.30. The maximum absolute atomic E-state index is 13.4. The second-order valence-corrected chi connectivity index (χ2v) is 7.50. The van der Waals surface area contributed by atoms with Crippen LogP contribution in [-0.2, 0) is 0 Å². The topological polar surface area (TPSA) is 49.6 Å². The molecule has 2 aromatic rings. The number of piperidine rings is 1. The molecule has 1 aromatic heterocycles. The first kappa shape index (κ1) is 17.2. The molecule has 0 aliphatic carbocycles. The molecular formula is C20H24FN3O2. The fraction of sp³-hybridized carbons (Fsp3) is 0.500. The minimum absolute atomic E-state index is 0.00355. The van der Waals surface area contributed by atoms with Crippen molar-refractivity contribution in [2.75, 3.05) is 20.1 Å². The van der Waals surface area contributed by atoms with Gasteiger partial charge in [-0.25, -0.2) is 4.39 Å². The summed E-state index contributed by atoms with van der Waals surface area (Å²) in [6.07, 6.45) is 2.06. The Hall–Kier alpha value is -2.21. The third-order valence-electron chi connectivity index (χ3n) is 5.93. The summed E-state index contributed by atoms with van der Waals surface area (Å²) in [7, 11) is 2.12. The van der Waals surface area contributed by atoms with Gasteiger partial charge in [0, 0.05) is 24.5 Å². The van der Waals surface area contributed by atoms with Crippen molar-refractivity contribution < 1.29 is 13.7 Å². The lowest BCUT2D eigenvalue weighted by Gasteiger charge is -2.39. The lowest BCUT2D eigenvalue weighted by molar-refractivity contribution is 0.0627. The van der Waals surface area contributed by atoms with Crippen LogP contribution in [-0.4, -0.2) is 53.1 Å². The zero-order valence-electron chi connectivity index (χ0n) is 15.4. The molecule has 0 radical (unpaired) electrons. The molecule has 3 atom stereocenters. The number of hydrogen-bond acceptors (Lipinski definition) is 4. The number of nitrogens with zero attached hydrogens (tertiary/aromatic N) is 3. The second-order valence-electron chi connectivity index (χ2n) is 7.50. The Labute approximate surface area is 152 Å². The van der Waals surface area contributed by atoms with Crippen molar-refractivity contribution in [3.8, 4) is 0 Å². The van der Waals surface area contributed by atoms with Crippen LogP contribution in [0.25, 0.3) is 0 Å². The predicted molar refractivity (Wildman–Crippen MR) is 95.6 cm³/mol. The number of carbonyl (C=O) groups is 1. The highest BCUT2D eigenvalue weighted by atomic mass is 19.1. The number of amides is 1. The monoisotopic (exact) mass is 357 g/mol. The van der Waals surface area contributed by atoms with Gasteiger partial charge in [0.15, 0.2) is 0 Å². The minimum atomic E-state index is -0.232. The van der Waals surface area contributed by atoms with Crippen LogP contribution in [0.4, 0.5) is 4.39 Å². The van der Waals surface area contributed by atoms with Crippen LogP contribution in [0, 0.1) is 19.7 Å². The van der Waals surface area contributed by atoms with Crippen LogP contribution in [0.15, 0.2) is 28.8 Å². The van der Waals surface area contributed by atoms with Crippen molar-refractivity contribution in [2.45, 2.75) is 44.7 Å². The highest BCUT2D eigenvalue weighted by Crippen LogP contribution is 2.40. The van der Waals surface area contributed by atoms with Gasteiger partial charge in [-0.1, -0.05) is 17.3 Å². The van der Waals surface area contributed by atoms with Crippen molar-refractivity contribution in [3.05, 3.63) is 52.7 Å². The summed E-state index contributed by atoms with van der Waals surface area (Å²) in [6, 6.07) is 7.12. The zero-order chi connectivity index (χ0) is 18.4. The molecule has 0 N–H and O–H groups in total. The SMILES string of the molecule is Cc1noc(C)c1C(=O)N1C[C@H](c2ccc(F)cc2)[C@@H]2[C@H]1CCCN2C. The van der Waals surface area contributed by atoms with Crippen molar-refractivity contribution in [3.63, 3.8) is 0 Å².